The monoisotopic (exact) mass is 539 g/mol. The Morgan fingerprint density at radius 3 is 2.75 bits per heavy atom. The van der Waals surface area contributed by atoms with Gasteiger partial charge in [0.25, 0.3) is 12.3 Å². The lowest BCUT2D eigenvalue weighted by molar-refractivity contribution is 0.0793. The Hall–Kier alpha value is -3.48. The standard InChI is InChI=1S/C22H21Cl2F2N7O3/c1-10(2)29-22(35)17-18-11(8-28-31-18)6-13(24)19(17)30-21(34)14-7-16(36-9-15(25)26)32-33(14)20-12(23)4-3-5-27-20/h3-8,10,15,21,30,34H,9H2,1-2H3,(H,28,31)(H,29,35). The highest BCUT2D eigenvalue weighted by Gasteiger charge is 2.26. The average Bonchev–Trinajstić information content (AvgIpc) is 3.44. The molecule has 3 aromatic heterocycles. The number of aromatic nitrogens is 5. The summed E-state index contributed by atoms with van der Waals surface area (Å²) in [5.41, 5.74) is 0.665. The molecular formula is C22H21Cl2F2N7O3. The molecule has 0 aliphatic rings. The number of carbonyl (C=O) groups excluding carboxylic acids is 1. The summed E-state index contributed by atoms with van der Waals surface area (Å²) in [5, 5.41) is 28.6. The molecule has 4 N–H and O–H groups in total. The molecule has 36 heavy (non-hydrogen) atoms. The molecule has 3 heterocycles. The number of aliphatic hydroxyl groups is 1. The summed E-state index contributed by atoms with van der Waals surface area (Å²) in [6.07, 6.45) is -1.33. The van der Waals surface area contributed by atoms with Crippen molar-refractivity contribution in [2.45, 2.75) is 32.5 Å². The summed E-state index contributed by atoms with van der Waals surface area (Å²) >= 11 is 12.7. The molecule has 4 aromatic rings. The molecule has 0 fully saturated rings. The number of amides is 1. The van der Waals surface area contributed by atoms with Gasteiger partial charge >= 0.3 is 0 Å². The van der Waals surface area contributed by atoms with Crippen LogP contribution in [-0.4, -0.2) is 55.0 Å². The number of pyridine rings is 1. The van der Waals surface area contributed by atoms with Crippen molar-refractivity contribution in [2.75, 3.05) is 11.9 Å². The summed E-state index contributed by atoms with van der Waals surface area (Å²) < 4.78 is 31.6. The number of fused-ring (bicyclic) bond motifs is 1. The largest absolute Gasteiger partial charge is 0.471 e. The molecule has 0 saturated carbocycles. The van der Waals surface area contributed by atoms with Gasteiger partial charge in [-0.1, -0.05) is 23.2 Å². The number of aromatic amines is 1. The van der Waals surface area contributed by atoms with Crippen LogP contribution in [-0.2, 0) is 0 Å². The Kier molecular flexibility index (Phi) is 7.57. The normalized spacial score (nSPS) is 12.4. The van der Waals surface area contributed by atoms with Crippen LogP contribution in [0.15, 0.2) is 36.7 Å². The second-order valence-corrected chi connectivity index (χ2v) is 8.76. The zero-order valence-corrected chi connectivity index (χ0v) is 20.5. The van der Waals surface area contributed by atoms with Crippen molar-refractivity contribution in [1.82, 2.24) is 30.3 Å². The van der Waals surface area contributed by atoms with Crippen molar-refractivity contribution >= 4 is 45.7 Å². The fourth-order valence-electron chi connectivity index (χ4n) is 3.46. The number of nitrogens with zero attached hydrogens (tertiary/aromatic N) is 4. The average molecular weight is 540 g/mol. The molecule has 1 amide bonds. The quantitative estimate of drug-likeness (QED) is 0.233. The highest BCUT2D eigenvalue weighted by Crippen LogP contribution is 2.36. The van der Waals surface area contributed by atoms with E-state index in [9.17, 15) is 18.7 Å². The third-order valence-corrected chi connectivity index (χ3v) is 5.50. The van der Waals surface area contributed by atoms with Crippen LogP contribution in [0.3, 0.4) is 0 Å². The Morgan fingerprint density at radius 2 is 2.06 bits per heavy atom. The van der Waals surface area contributed by atoms with Crippen LogP contribution in [0, 0.1) is 0 Å². The Bertz CT molecular complexity index is 1390. The van der Waals surface area contributed by atoms with Crippen molar-refractivity contribution in [3.63, 3.8) is 0 Å². The lowest BCUT2D eigenvalue weighted by Gasteiger charge is -2.20. The number of carbonyl (C=O) groups is 1. The van der Waals surface area contributed by atoms with E-state index in [1.165, 1.54) is 18.5 Å². The zero-order chi connectivity index (χ0) is 26.0. The van der Waals surface area contributed by atoms with Gasteiger partial charge in [-0.05, 0) is 32.0 Å². The summed E-state index contributed by atoms with van der Waals surface area (Å²) in [6.45, 7) is 2.69. The topological polar surface area (TPSA) is 130 Å². The van der Waals surface area contributed by atoms with Gasteiger partial charge in [0.1, 0.15) is 0 Å². The van der Waals surface area contributed by atoms with Gasteiger partial charge in [0, 0.05) is 23.7 Å². The lowest BCUT2D eigenvalue weighted by Crippen LogP contribution is -2.31. The second-order valence-electron chi connectivity index (χ2n) is 7.95. The first kappa shape index (κ1) is 25.6. The molecule has 0 spiro atoms. The molecule has 0 aliphatic carbocycles. The van der Waals surface area contributed by atoms with E-state index in [2.05, 4.69) is 30.9 Å². The van der Waals surface area contributed by atoms with Crippen LogP contribution in [0.4, 0.5) is 14.5 Å². The number of aliphatic hydroxyl groups excluding tert-OH is 1. The van der Waals surface area contributed by atoms with Gasteiger partial charge in [-0.25, -0.2) is 18.4 Å². The fourth-order valence-corrected chi connectivity index (χ4v) is 3.93. The number of rotatable bonds is 9. The van der Waals surface area contributed by atoms with Crippen molar-refractivity contribution in [3.8, 4) is 11.7 Å². The third kappa shape index (κ3) is 5.35. The van der Waals surface area contributed by atoms with E-state index in [0.29, 0.717) is 10.9 Å². The van der Waals surface area contributed by atoms with E-state index in [-0.39, 0.29) is 44.7 Å². The molecule has 0 radical (unpaired) electrons. The first-order chi connectivity index (χ1) is 17.2. The minimum atomic E-state index is -2.73. The summed E-state index contributed by atoms with van der Waals surface area (Å²) in [5.74, 6) is -0.533. The second kappa shape index (κ2) is 10.6. The van der Waals surface area contributed by atoms with Gasteiger partial charge in [-0.15, -0.1) is 5.10 Å². The van der Waals surface area contributed by atoms with Crippen LogP contribution >= 0.6 is 23.2 Å². The van der Waals surface area contributed by atoms with Crippen molar-refractivity contribution in [1.29, 1.82) is 0 Å². The predicted octanol–water partition coefficient (Wildman–Crippen LogP) is 4.34. The smallest absolute Gasteiger partial charge is 0.272 e. The molecule has 4 rings (SSSR count). The minimum Gasteiger partial charge on any atom is -0.471 e. The Balaban J connectivity index is 1.78. The number of alkyl halides is 2. The van der Waals surface area contributed by atoms with E-state index >= 15 is 0 Å². The maximum atomic E-state index is 13.1. The molecule has 0 aliphatic heterocycles. The van der Waals surface area contributed by atoms with Crippen LogP contribution in [0.25, 0.3) is 16.7 Å². The van der Waals surface area contributed by atoms with Gasteiger partial charge in [-0.3, -0.25) is 9.89 Å². The first-order valence-corrected chi connectivity index (χ1v) is 11.4. The van der Waals surface area contributed by atoms with E-state index < -0.39 is 25.2 Å². The van der Waals surface area contributed by atoms with Gasteiger partial charge in [0.05, 0.1) is 38.7 Å². The SMILES string of the molecule is CC(C)NC(=O)c1c(NC(O)c2cc(OCC(F)F)nn2-c2ncccc2Cl)c(Cl)cc2cn[nH]c12. The Labute approximate surface area is 213 Å². The van der Waals surface area contributed by atoms with Crippen LogP contribution in [0.1, 0.15) is 36.1 Å². The van der Waals surface area contributed by atoms with Crippen molar-refractivity contribution in [2.24, 2.45) is 0 Å². The minimum absolute atomic E-state index is 0.0378. The van der Waals surface area contributed by atoms with E-state index in [1.807, 2.05) is 0 Å². The van der Waals surface area contributed by atoms with Gasteiger partial charge in [0.2, 0.25) is 5.88 Å². The summed E-state index contributed by atoms with van der Waals surface area (Å²) in [7, 11) is 0. The van der Waals surface area contributed by atoms with Gasteiger partial charge in [0.15, 0.2) is 18.7 Å². The zero-order valence-electron chi connectivity index (χ0n) is 19.0. The maximum Gasteiger partial charge on any atom is 0.272 e. The molecule has 1 atom stereocenters. The number of hydrogen-bond donors (Lipinski definition) is 4. The predicted molar refractivity (Wildman–Crippen MR) is 130 cm³/mol. The molecule has 0 bridgehead atoms. The number of nitrogens with one attached hydrogen (secondary N) is 3. The Morgan fingerprint density at radius 1 is 1.28 bits per heavy atom. The molecule has 14 heteroatoms. The molecule has 1 unspecified atom stereocenters. The fraction of sp³-hybridized carbons (Fsp3) is 0.273. The number of hydrogen-bond acceptors (Lipinski definition) is 7. The van der Waals surface area contributed by atoms with Crippen LogP contribution in [0.2, 0.25) is 10.0 Å². The molecule has 190 valence electrons. The lowest BCUT2D eigenvalue weighted by atomic mass is 10.1. The van der Waals surface area contributed by atoms with Crippen LogP contribution < -0.4 is 15.4 Å². The number of benzene rings is 1. The molecule has 0 saturated heterocycles. The summed E-state index contributed by atoms with van der Waals surface area (Å²) in [4.78, 5) is 17.2. The highest BCUT2D eigenvalue weighted by molar-refractivity contribution is 6.35. The summed E-state index contributed by atoms with van der Waals surface area (Å²) in [6, 6.07) is 5.78. The molecule has 10 nitrogen and oxygen atoms in total. The van der Waals surface area contributed by atoms with E-state index in [1.54, 1.807) is 32.0 Å². The molecular weight excluding hydrogens is 519 g/mol. The van der Waals surface area contributed by atoms with Crippen LogP contribution in [0.5, 0.6) is 5.88 Å². The van der Waals surface area contributed by atoms with E-state index in [4.69, 9.17) is 27.9 Å². The molecule has 1 aromatic carbocycles. The van der Waals surface area contributed by atoms with Gasteiger partial charge in [-0.2, -0.15) is 5.10 Å². The van der Waals surface area contributed by atoms with Gasteiger partial charge < -0.3 is 20.5 Å². The highest BCUT2D eigenvalue weighted by atomic mass is 35.5. The third-order valence-electron chi connectivity index (χ3n) is 4.91. The van der Waals surface area contributed by atoms with Crippen molar-refractivity contribution in [3.05, 3.63) is 58.0 Å². The maximum absolute atomic E-state index is 13.1. The number of halogens is 4. The number of anilines is 1. The van der Waals surface area contributed by atoms with Crippen molar-refractivity contribution < 1.29 is 23.4 Å². The number of H-pyrrole nitrogens is 1. The van der Waals surface area contributed by atoms with E-state index in [0.717, 1.165) is 4.68 Å². The first-order valence-electron chi connectivity index (χ1n) is 10.7. The number of ether oxygens (including phenoxy) is 1.